The molecule has 0 heterocycles. The zero-order valence-corrected chi connectivity index (χ0v) is 14.9. The van der Waals surface area contributed by atoms with Crippen molar-refractivity contribution in [1.29, 1.82) is 0 Å². The van der Waals surface area contributed by atoms with E-state index in [1.54, 1.807) is 31.2 Å². The van der Waals surface area contributed by atoms with Gasteiger partial charge in [0.1, 0.15) is 0 Å². The zero-order chi connectivity index (χ0) is 17.6. The summed E-state index contributed by atoms with van der Waals surface area (Å²) in [5, 5.41) is 4.07. The molecule has 1 saturated carbocycles. The molecule has 0 unspecified atom stereocenters. The number of hydrazone groups is 1. The third-order valence-corrected chi connectivity index (χ3v) is 5.32. The molecule has 0 aromatic heterocycles. The number of benzene rings is 1. The lowest BCUT2D eigenvalue weighted by molar-refractivity contribution is -0.144. The molecule has 0 aliphatic heterocycles. The average molecular weight is 352 g/mol. The fourth-order valence-corrected chi connectivity index (χ4v) is 3.53. The van der Waals surface area contributed by atoms with Crippen LogP contribution < -0.4 is 4.83 Å². The molecule has 1 aromatic rings. The Morgan fingerprint density at radius 3 is 2.46 bits per heavy atom. The number of aryl methyl sites for hydroxylation is 1. The maximum absolute atomic E-state index is 12.2. The summed E-state index contributed by atoms with van der Waals surface area (Å²) in [7, 11) is -3.63. The molecule has 6 nitrogen and oxygen atoms in total. The zero-order valence-electron chi connectivity index (χ0n) is 14.1. The number of hydrogen-bond donors (Lipinski definition) is 1. The SMILES string of the molecule is CCOC(=O)CC1CCC(=NNS(=O)(=O)c2ccc(C)cc2)CC1. The van der Waals surface area contributed by atoms with Gasteiger partial charge in [0, 0.05) is 12.1 Å². The van der Waals surface area contributed by atoms with Crippen LogP contribution in [-0.2, 0) is 19.6 Å². The maximum atomic E-state index is 12.2. The first kappa shape index (κ1) is 18.4. The molecule has 1 fully saturated rings. The van der Waals surface area contributed by atoms with Gasteiger partial charge in [-0.05, 0) is 57.6 Å². The van der Waals surface area contributed by atoms with Crippen LogP contribution in [0.5, 0.6) is 0 Å². The van der Waals surface area contributed by atoms with Crippen LogP contribution in [-0.4, -0.2) is 26.7 Å². The predicted octanol–water partition coefficient (Wildman–Crippen LogP) is 2.77. The lowest BCUT2D eigenvalue weighted by Gasteiger charge is -2.22. The molecule has 0 atom stereocenters. The summed E-state index contributed by atoms with van der Waals surface area (Å²) in [6, 6.07) is 6.63. The number of rotatable bonds is 6. The van der Waals surface area contributed by atoms with Gasteiger partial charge in [0.15, 0.2) is 0 Å². The minimum absolute atomic E-state index is 0.164. The molecule has 1 aliphatic carbocycles. The van der Waals surface area contributed by atoms with Gasteiger partial charge in [0.2, 0.25) is 0 Å². The molecule has 7 heteroatoms. The van der Waals surface area contributed by atoms with Crippen LogP contribution in [0.2, 0.25) is 0 Å². The van der Waals surface area contributed by atoms with Crippen LogP contribution in [0.1, 0.15) is 44.6 Å². The molecule has 0 radical (unpaired) electrons. The van der Waals surface area contributed by atoms with Crippen molar-refractivity contribution in [3.63, 3.8) is 0 Å². The van der Waals surface area contributed by atoms with Gasteiger partial charge in [-0.25, -0.2) is 4.83 Å². The highest BCUT2D eigenvalue weighted by Gasteiger charge is 2.21. The monoisotopic (exact) mass is 352 g/mol. The van der Waals surface area contributed by atoms with Crippen LogP contribution in [0.3, 0.4) is 0 Å². The smallest absolute Gasteiger partial charge is 0.306 e. The fraction of sp³-hybridized carbons (Fsp3) is 0.529. The molecular weight excluding hydrogens is 328 g/mol. The first-order valence-electron chi connectivity index (χ1n) is 8.20. The highest BCUT2D eigenvalue weighted by molar-refractivity contribution is 7.89. The summed E-state index contributed by atoms with van der Waals surface area (Å²) in [5.41, 5.74) is 1.82. The summed E-state index contributed by atoms with van der Waals surface area (Å²) < 4.78 is 29.3. The van der Waals surface area contributed by atoms with Crippen LogP contribution >= 0.6 is 0 Å². The van der Waals surface area contributed by atoms with Gasteiger partial charge in [0.25, 0.3) is 10.0 Å². The standard InChI is InChI=1S/C17H24N2O4S/c1-3-23-17(20)12-14-6-8-15(9-7-14)18-19-24(21,22)16-10-4-13(2)5-11-16/h4-5,10-11,14,19H,3,6-9,12H2,1-2H3. The van der Waals surface area contributed by atoms with Gasteiger partial charge in [-0.1, -0.05) is 17.7 Å². The number of ether oxygens (including phenoxy) is 1. The lowest BCUT2D eigenvalue weighted by atomic mass is 9.86. The van der Waals surface area contributed by atoms with Crippen molar-refractivity contribution in [2.75, 3.05) is 6.61 Å². The van der Waals surface area contributed by atoms with Crippen molar-refractivity contribution in [2.24, 2.45) is 11.0 Å². The molecule has 1 N–H and O–H groups in total. The summed E-state index contributed by atoms with van der Waals surface area (Å²) in [6.07, 6.45) is 3.46. The molecule has 0 spiro atoms. The minimum Gasteiger partial charge on any atom is -0.466 e. The van der Waals surface area contributed by atoms with Crippen LogP contribution in [0.4, 0.5) is 0 Å². The Bertz CT molecular complexity index is 686. The molecular formula is C17H24N2O4S. The minimum atomic E-state index is -3.63. The van der Waals surface area contributed by atoms with Gasteiger partial charge >= 0.3 is 5.97 Å². The number of nitrogens with one attached hydrogen (secondary N) is 1. The summed E-state index contributed by atoms with van der Waals surface area (Å²) in [5.74, 6) is 0.125. The maximum Gasteiger partial charge on any atom is 0.306 e. The largest absolute Gasteiger partial charge is 0.466 e. The van der Waals surface area contributed by atoms with E-state index >= 15 is 0 Å². The second-order valence-electron chi connectivity index (χ2n) is 6.04. The second-order valence-corrected chi connectivity index (χ2v) is 7.70. The molecule has 1 aliphatic rings. The predicted molar refractivity (Wildman–Crippen MR) is 92.1 cm³/mol. The Labute approximate surface area is 143 Å². The van der Waals surface area contributed by atoms with E-state index in [2.05, 4.69) is 9.93 Å². The van der Waals surface area contributed by atoms with Gasteiger partial charge in [-0.15, -0.1) is 0 Å². The third-order valence-electron chi connectivity index (χ3n) is 4.10. The Hall–Kier alpha value is -1.89. The normalized spacial score (nSPS) is 18.1. The third kappa shape index (κ3) is 5.33. The van der Waals surface area contributed by atoms with Crippen molar-refractivity contribution < 1.29 is 17.9 Å². The van der Waals surface area contributed by atoms with Gasteiger partial charge in [-0.3, -0.25) is 4.79 Å². The highest BCUT2D eigenvalue weighted by atomic mass is 32.2. The van der Waals surface area contributed by atoms with Crippen molar-refractivity contribution >= 4 is 21.7 Å². The second kappa shape index (κ2) is 8.28. The number of nitrogens with zero attached hydrogens (tertiary/aromatic N) is 1. The number of esters is 1. The van der Waals surface area contributed by atoms with E-state index < -0.39 is 10.0 Å². The molecule has 2 rings (SSSR count). The van der Waals surface area contributed by atoms with Gasteiger partial charge < -0.3 is 4.74 Å². The van der Waals surface area contributed by atoms with Crippen LogP contribution in [0.25, 0.3) is 0 Å². The summed E-state index contributed by atoms with van der Waals surface area (Å²) >= 11 is 0. The fourth-order valence-electron chi connectivity index (χ4n) is 2.68. The summed E-state index contributed by atoms with van der Waals surface area (Å²) in [6.45, 7) is 4.10. The number of sulfonamides is 1. The van der Waals surface area contributed by atoms with Crippen molar-refractivity contribution in [1.82, 2.24) is 4.83 Å². The highest BCUT2D eigenvalue weighted by Crippen LogP contribution is 2.25. The Morgan fingerprint density at radius 2 is 1.88 bits per heavy atom. The van der Waals surface area contributed by atoms with E-state index in [0.29, 0.717) is 25.9 Å². The van der Waals surface area contributed by atoms with E-state index in [0.717, 1.165) is 24.1 Å². The van der Waals surface area contributed by atoms with Gasteiger partial charge in [0.05, 0.1) is 11.5 Å². The lowest BCUT2D eigenvalue weighted by Crippen LogP contribution is -2.23. The Balaban J connectivity index is 1.87. The van der Waals surface area contributed by atoms with Crippen molar-refractivity contribution in [3.05, 3.63) is 29.8 Å². The van der Waals surface area contributed by atoms with E-state index in [-0.39, 0.29) is 16.8 Å². The first-order valence-corrected chi connectivity index (χ1v) is 9.68. The van der Waals surface area contributed by atoms with E-state index in [4.69, 9.17) is 4.74 Å². The van der Waals surface area contributed by atoms with E-state index in [1.807, 2.05) is 6.92 Å². The molecule has 1 aromatic carbocycles. The number of hydrogen-bond acceptors (Lipinski definition) is 5. The van der Waals surface area contributed by atoms with Crippen molar-refractivity contribution in [2.45, 2.75) is 50.8 Å². The molecule has 132 valence electrons. The molecule has 0 saturated heterocycles. The summed E-state index contributed by atoms with van der Waals surface area (Å²) in [4.78, 5) is 14.0. The molecule has 0 bridgehead atoms. The topological polar surface area (TPSA) is 84.8 Å². The van der Waals surface area contributed by atoms with Crippen molar-refractivity contribution in [3.8, 4) is 0 Å². The Morgan fingerprint density at radius 1 is 1.25 bits per heavy atom. The quantitative estimate of drug-likeness (QED) is 0.630. The first-order chi connectivity index (χ1) is 11.4. The number of carbonyl (C=O) groups is 1. The Kier molecular flexibility index (Phi) is 6.36. The van der Waals surface area contributed by atoms with Crippen LogP contribution in [0.15, 0.2) is 34.3 Å². The van der Waals surface area contributed by atoms with E-state index in [9.17, 15) is 13.2 Å². The number of carbonyl (C=O) groups excluding carboxylic acids is 1. The van der Waals surface area contributed by atoms with E-state index in [1.165, 1.54) is 0 Å². The van der Waals surface area contributed by atoms with Crippen LogP contribution in [0, 0.1) is 12.8 Å². The molecule has 0 amide bonds. The average Bonchev–Trinajstić information content (AvgIpc) is 2.55. The van der Waals surface area contributed by atoms with Gasteiger partial charge in [-0.2, -0.15) is 13.5 Å². The molecule has 24 heavy (non-hydrogen) atoms.